The van der Waals surface area contributed by atoms with Crippen molar-refractivity contribution in [3.05, 3.63) is 76.3 Å². The predicted molar refractivity (Wildman–Crippen MR) is 99.4 cm³/mol. The highest BCUT2D eigenvalue weighted by Gasteiger charge is 2.07. The lowest BCUT2D eigenvalue weighted by Crippen LogP contribution is -2.15. The molecule has 0 N–H and O–H groups in total. The highest BCUT2D eigenvalue weighted by molar-refractivity contribution is 7.07. The van der Waals surface area contributed by atoms with E-state index in [-0.39, 0.29) is 0 Å². The number of thiazole rings is 1. The molecule has 3 rings (SSSR count). The van der Waals surface area contributed by atoms with Gasteiger partial charge in [0, 0.05) is 16.9 Å². The third-order valence-electron chi connectivity index (χ3n) is 3.41. The lowest BCUT2D eigenvalue weighted by molar-refractivity contribution is 0.557. The lowest BCUT2D eigenvalue weighted by atomic mass is 10.2. The normalized spacial score (nSPS) is 12.6. The Morgan fingerprint density at radius 2 is 2.12 bits per heavy atom. The zero-order valence-electron chi connectivity index (χ0n) is 13.1. The molecule has 3 aromatic rings. The van der Waals surface area contributed by atoms with Crippen LogP contribution in [-0.2, 0) is 6.54 Å². The molecule has 6 heteroatoms. The van der Waals surface area contributed by atoms with Crippen LogP contribution in [0, 0.1) is 0 Å². The quantitative estimate of drug-likeness (QED) is 0.361. The number of hydrogen-bond acceptors (Lipinski definition) is 4. The van der Waals surface area contributed by atoms with Crippen molar-refractivity contribution in [1.82, 2.24) is 4.57 Å². The van der Waals surface area contributed by atoms with E-state index >= 15 is 0 Å². The van der Waals surface area contributed by atoms with Gasteiger partial charge in [-0.1, -0.05) is 29.8 Å². The van der Waals surface area contributed by atoms with Crippen molar-refractivity contribution in [3.63, 3.8) is 0 Å². The molecule has 0 amide bonds. The Balaban J connectivity index is 2.02. The minimum atomic E-state index is 0.648. The SMILES string of the molecule is C=CCn1c(-c2ccc(Cl)cc2)cs/c1=N\N=C(\C)c1ccco1. The zero-order chi connectivity index (χ0) is 16.9. The van der Waals surface area contributed by atoms with Crippen LogP contribution in [-0.4, -0.2) is 10.3 Å². The maximum absolute atomic E-state index is 5.97. The number of nitrogens with zero attached hydrogens (tertiary/aromatic N) is 3. The second-order valence-electron chi connectivity index (χ2n) is 5.07. The molecule has 0 atom stereocenters. The van der Waals surface area contributed by atoms with Gasteiger partial charge in [-0.15, -0.1) is 28.1 Å². The Labute approximate surface area is 149 Å². The molecule has 0 unspecified atom stereocenters. The van der Waals surface area contributed by atoms with Crippen LogP contribution >= 0.6 is 22.9 Å². The van der Waals surface area contributed by atoms with Crippen molar-refractivity contribution in [2.24, 2.45) is 10.2 Å². The van der Waals surface area contributed by atoms with Crippen LogP contribution in [0.4, 0.5) is 0 Å². The number of rotatable bonds is 5. The van der Waals surface area contributed by atoms with Crippen LogP contribution in [0.5, 0.6) is 0 Å². The Kier molecular flexibility index (Phi) is 5.13. The summed E-state index contributed by atoms with van der Waals surface area (Å²) in [6, 6.07) is 11.4. The van der Waals surface area contributed by atoms with Gasteiger partial charge in [0.2, 0.25) is 4.80 Å². The van der Waals surface area contributed by atoms with Gasteiger partial charge in [0.1, 0.15) is 11.5 Å². The van der Waals surface area contributed by atoms with Gasteiger partial charge < -0.3 is 8.98 Å². The molecule has 4 nitrogen and oxygen atoms in total. The smallest absolute Gasteiger partial charge is 0.211 e. The summed E-state index contributed by atoms with van der Waals surface area (Å²) in [5.41, 5.74) is 2.86. The van der Waals surface area contributed by atoms with Gasteiger partial charge in [-0.2, -0.15) is 0 Å². The highest BCUT2D eigenvalue weighted by Crippen LogP contribution is 2.22. The summed E-state index contributed by atoms with van der Waals surface area (Å²) in [6.45, 7) is 6.35. The van der Waals surface area contributed by atoms with Gasteiger partial charge >= 0.3 is 0 Å². The number of allylic oxidation sites excluding steroid dienone is 1. The van der Waals surface area contributed by atoms with Crippen molar-refractivity contribution in [2.75, 3.05) is 0 Å². The molecule has 0 fully saturated rings. The minimum Gasteiger partial charge on any atom is -0.463 e. The maximum Gasteiger partial charge on any atom is 0.211 e. The monoisotopic (exact) mass is 357 g/mol. The fraction of sp³-hybridized carbons (Fsp3) is 0.111. The molecule has 0 aliphatic carbocycles. The van der Waals surface area contributed by atoms with Gasteiger partial charge in [0.25, 0.3) is 0 Å². The topological polar surface area (TPSA) is 42.8 Å². The van der Waals surface area contributed by atoms with Crippen molar-refractivity contribution < 1.29 is 4.42 Å². The number of halogens is 1. The van der Waals surface area contributed by atoms with Crippen LogP contribution in [0.3, 0.4) is 0 Å². The van der Waals surface area contributed by atoms with E-state index in [4.69, 9.17) is 16.0 Å². The van der Waals surface area contributed by atoms with Crippen LogP contribution < -0.4 is 4.80 Å². The molecule has 0 bridgehead atoms. The first kappa shape index (κ1) is 16.5. The summed E-state index contributed by atoms with van der Waals surface area (Å²) >= 11 is 7.51. The fourth-order valence-corrected chi connectivity index (χ4v) is 3.21. The van der Waals surface area contributed by atoms with E-state index in [1.807, 2.05) is 49.4 Å². The van der Waals surface area contributed by atoms with Crippen LogP contribution in [0.1, 0.15) is 12.7 Å². The average molecular weight is 358 g/mol. The van der Waals surface area contributed by atoms with Crippen molar-refractivity contribution in [2.45, 2.75) is 13.5 Å². The van der Waals surface area contributed by atoms with Crippen molar-refractivity contribution in [3.8, 4) is 11.3 Å². The second kappa shape index (κ2) is 7.47. The molecule has 0 spiro atoms. The number of aromatic nitrogens is 1. The molecule has 24 heavy (non-hydrogen) atoms. The summed E-state index contributed by atoms with van der Waals surface area (Å²) in [7, 11) is 0. The first-order valence-corrected chi connectivity index (χ1v) is 8.62. The van der Waals surface area contributed by atoms with E-state index in [0.29, 0.717) is 17.3 Å². The summed E-state index contributed by atoms with van der Waals surface area (Å²) < 4.78 is 7.39. The Morgan fingerprint density at radius 1 is 1.33 bits per heavy atom. The van der Waals surface area contributed by atoms with Crippen LogP contribution in [0.25, 0.3) is 11.3 Å². The van der Waals surface area contributed by atoms with Crippen LogP contribution in [0.15, 0.2) is 75.3 Å². The number of hydrogen-bond donors (Lipinski definition) is 0. The van der Waals surface area contributed by atoms with Crippen molar-refractivity contribution in [1.29, 1.82) is 0 Å². The van der Waals surface area contributed by atoms with E-state index in [1.165, 1.54) is 11.3 Å². The maximum atomic E-state index is 5.97. The molecule has 2 aromatic heterocycles. The molecule has 0 saturated carbocycles. The average Bonchev–Trinajstić information content (AvgIpc) is 3.24. The standard InChI is InChI=1S/C18H16ClN3OS/c1-3-10-22-16(14-6-8-15(19)9-7-14)12-24-18(22)21-20-13(2)17-5-4-11-23-17/h3-9,11-12H,1,10H2,2H3/b20-13-,21-18-. The lowest BCUT2D eigenvalue weighted by Gasteiger charge is -2.06. The third-order valence-corrected chi connectivity index (χ3v) is 4.52. The molecular weight excluding hydrogens is 342 g/mol. The molecule has 2 heterocycles. The summed E-state index contributed by atoms with van der Waals surface area (Å²) in [4.78, 5) is 0.797. The van der Waals surface area contributed by atoms with E-state index in [0.717, 1.165) is 21.8 Å². The Bertz CT molecular complexity index is 918. The van der Waals surface area contributed by atoms with E-state index < -0.39 is 0 Å². The first-order valence-electron chi connectivity index (χ1n) is 7.36. The summed E-state index contributed by atoms with van der Waals surface area (Å²) in [5.74, 6) is 0.712. The van der Waals surface area contributed by atoms with Gasteiger partial charge in [-0.3, -0.25) is 0 Å². The molecule has 0 saturated heterocycles. The van der Waals surface area contributed by atoms with Crippen LogP contribution in [0.2, 0.25) is 5.02 Å². The second-order valence-corrected chi connectivity index (χ2v) is 6.35. The molecule has 0 radical (unpaired) electrons. The predicted octanol–water partition coefficient (Wildman–Crippen LogP) is 4.97. The fourth-order valence-electron chi connectivity index (χ4n) is 2.22. The first-order chi connectivity index (χ1) is 11.7. The Hall–Kier alpha value is -2.37. The number of benzene rings is 1. The molecule has 122 valence electrons. The van der Waals surface area contributed by atoms with Gasteiger partial charge in [-0.05, 0) is 36.8 Å². The Morgan fingerprint density at radius 3 is 2.79 bits per heavy atom. The molecular formula is C18H16ClN3OS. The summed E-state index contributed by atoms with van der Waals surface area (Å²) in [5, 5.41) is 11.4. The molecule has 1 aromatic carbocycles. The van der Waals surface area contributed by atoms with E-state index in [1.54, 1.807) is 6.26 Å². The highest BCUT2D eigenvalue weighted by atomic mass is 35.5. The van der Waals surface area contributed by atoms with E-state index in [2.05, 4.69) is 26.7 Å². The summed E-state index contributed by atoms with van der Waals surface area (Å²) in [6.07, 6.45) is 3.46. The molecule has 0 aliphatic rings. The largest absolute Gasteiger partial charge is 0.463 e. The third kappa shape index (κ3) is 3.58. The van der Waals surface area contributed by atoms with Gasteiger partial charge in [0.05, 0.1) is 12.0 Å². The van der Waals surface area contributed by atoms with Crippen molar-refractivity contribution >= 4 is 28.6 Å². The van der Waals surface area contributed by atoms with Gasteiger partial charge in [-0.25, -0.2) is 0 Å². The number of furan rings is 1. The van der Waals surface area contributed by atoms with E-state index in [9.17, 15) is 0 Å². The minimum absolute atomic E-state index is 0.648. The zero-order valence-corrected chi connectivity index (χ0v) is 14.7. The molecule has 0 aliphatic heterocycles. The van der Waals surface area contributed by atoms with Gasteiger partial charge in [0.15, 0.2) is 0 Å².